The molecule has 0 atom stereocenters. The molecule has 0 aliphatic heterocycles. The van der Waals surface area contributed by atoms with Crippen molar-refractivity contribution in [3.8, 4) is 22.8 Å². The van der Waals surface area contributed by atoms with E-state index in [-0.39, 0.29) is 11.7 Å². The average Bonchev–Trinajstić information content (AvgIpc) is 3.28. The molecule has 0 bridgehead atoms. The maximum Gasteiger partial charge on any atom is 0.250 e. The highest BCUT2D eigenvalue weighted by Gasteiger charge is 2.17. The fraction of sp³-hybridized carbons (Fsp3) is 0.125. The smallest absolute Gasteiger partial charge is 0.250 e. The van der Waals surface area contributed by atoms with Crippen LogP contribution in [-0.4, -0.2) is 44.7 Å². The van der Waals surface area contributed by atoms with Crippen LogP contribution in [-0.2, 0) is 4.79 Å². The van der Waals surface area contributed by atoms with E-state index in [1.165, 1.54) is 11.8 Å². The number of nitrogens with one attached hydrogen (secondary N) is 1. The molecule has 2 aromatic carbocycles. The van der Waals surface area contributed by atoms with Gasteiger partial charge in [-0.25, -0.2) is 5.43 Å². The van der Waals surface area contributed by atoms with E-state index in [0.717, 1.165) is 28.1 Å². The highest BCUT2D eigenvalue weighted by atomic mass is 32.2. The molecule has 9 heteroatoms. The second-order valence-electron chi connectivity index (χ2n) is 7.07. The minimum Gasteiger partial charge on any atom is -0.497 e. The lowest BCUT2D eigenvalue weighted by atomic mass is 10.2. The predicted molar refractivity (Wildman–Crippen MR) is 129 cm³/mol. The monoisotopic (exact) mass is 458 g/mol. The predicted octanol–water partition coefficient (Wildman–Crippen LogP) is 3.89. The summed E-state index contributed by atoms with van der Waals surface area (Å²) < 4.78 is 7.20. The van der Waals surface area contributed by atoms with Crippen molar-refractivity contribution in [2.45, 2.75) is 12.1 Å². The maximum absolute atomic E-state index is 12.3. The van der Waals surface area contributed by atoms with Crippen LogP contribution in [0.15, 0.2) is 83.3 Å². The number of rotatable bonds is 8. The molecule has 0 aliphatic rings. The number of carbonyl (C=O) groups excluding carboxylic acids is 1. The minimum absolute atomic E-state index is 0.136. The van der Waals surface area contributed by atoms with Gasteiger partial charge in [0.2, 0.25) is 0 Å². The largest absolute Gasteiger partial charge is 0.497 e. The summed E-state index contributed by atoms with van der Waals surface area (Å²) in [7, 11) is 1.63. The van der Waals surface area contributed by atoms with Crippen LogP contribution in [0.2, 0.25) is 0 Å². The number of benzene rings is 2. The van der Waals surface area contributed by atoms with Gasteiger partial charge in [0.1, 0.15) is 5.75 Å². The van der Waals surface area contributed by atoms with Crippen molar-refractivity contribution in [2.75, 3.05) is 12.9 Å². The summed E-state index contributed by atoms with van der Waals surface area (Å²) in [6.45, 7) is 2.03. The van der Waals surface area contributed by atoms with E-state index in [1.807, 2.05) is 66.1 Å². The molecule has 4 aromatic rings. The number of pyridine rings is 1. The third kappa shape index (κ3) is 5.64. The van der Waals surface area contributed by atoms with E-state index >= 15 is 0 Å². The van der Waals surface area contributed by atoms with Crippen molar-refractivity contribution in [3.05, 3.63) is 84.2 Å². The van der Waals surface area contributed by atoms with Crippen LogP contribution >= 0.6 is 11.8 Å². The Balaban J connectivity index is 1.53. The Morgan fingerprint density at radius 3 is 2.61 bits per heavy atom. The molecular formula is C24H22N6O2S. The molecule has 166 valence electrons. The van der Waals surface area contributed by atoms with E-state index in [9.17, 15) is 4.79 Å². The van der Waals surface area contributed by atoms with Gasteiger partial charge in [-0.2, -0.15) is 5.10 Å². The molecule has 0 saturated heterocycles. The molecule has 8 nitrogen and oxygen atoms in total. The molecule has 33 heavy (non-hydrogen) atoms. The number of hydrogen-bond acceptors (Lipinski definition) is 7. The first-order valence-corrected chi connectivity index (χ1v) is 11.1. The molecular weight excluding hydrogens is 436 g/mol. The van der Waals surface area contributed by atoms with E-state index in [0.29, 0.717) is 11.0 Å². The van der Waals surface area contributed by atoms with Crippen LogP contribution < -0.4 is 10.2 Å². The fourth-order valence-electron chi connectivity index (χ4n) is 3.01. The number of nitrogens with zero attached hydrogens (tertiary/aromatic N) is 5. The fourth-order valence-corrected chi connectivity index (χ4v) is 3.75. The molecule has 0 saturated carbocycles. The molecule has 2 heterocycles. The summed E-state index contributed by atoms with van der Waals surface area (Å²) in [5, 5.41) is 13.3. The van der Waals surface area contributed by atoms with E-state index in [2.05, 4.69) is 25.7 Å². The van der Waals surface area contributed by atoms with Crippen LogP contribution in [0.1, 0.15) is 11.1 Å². The standard InChI is InChI=1S/C24H22N6O2S/c1-17-5-9-20(10-6-17)30-23(19-7-11-21(32-2)12-8-19)28-29-24(30)33-16-22(31)27-26-15-18-4-3-13-25-14-18/h3-15H,16H2,1-2H3,(H,27,31)/b26-15-. The summed E-state index contributed by atoms with van der Waals surface area (Å²) in [5.41, 5.74) is 6.28. The van der Waals surface area contributed by atoms with Gasteiger partial charge in [0.25, 0.3) is 5.91 Å². The first kappa shape index (κ1) is 22.2. The van der Waals surface area contributed by atoms with Gasteiger partial charge in [0, 0.05) is 29.2 Å². The minimum atomic E-state index is -0.246. The highest BCUT2D eigenvalue weighted by molar-refractivity contribution is 7.99. The Kier molecular flexibility index (Phi) is 7.11. The van der Waals surface area contributed by atoms with Crippen LogP contribution in [0.3, 0.4) is 0 Å². The Morgan fingerprint density at radius 2 is 1.91 bits per heavy atom. The molecule has 1 amide bonds. The van der Waals surface area contributed by atoms with Crippen molar-refractivity contribution in [1.29, 1.82) is 0 Å². The summed E-state index contributed by atoms with van der Waals surface area (Å²) in [6, 6.07) is 19.3. The summed E-state index contributed by atoms with van der Waals surface area (Å²) >= 11 is 1.29. The Hall–Kier alpha value is -3.98. The molecule has 0 aliphatic carbocycles. The maximum atomic E-state index is 12.3. The summed E-state index contributed by atoms with van der Waals surface area (Å²) in [6.07, 6.45) is 4.89. The SMILES string of the molecule is COc1ccc(-c2nnc(SCC(=O)N/N=C\c3cccnc3)n2-c2ccc(C)cc2)cc1. The van der Waals surface area contributed by atoms with Crippen molar-refractivity contribution < 1.29 is 9.53 Å². The lowest BCUT2D eigenvalue weighted by molar-refractivity contribution is -0.118. The van der Waals surface area contributed by atoms with E-state index in [4.69, 9.17) is 4.74 Å². The van der Waals surface area contributed by atoms with Gasteiger partial charge in [-0.05, 0) is 49.4 Å². The first-order valence-electron chi connectivity index (χ1n) is 10.2. The highest BCUT2D eigenvalue weighted by Crippen LogP contribution is 2.29. The Labute approximate surface area is 195 Å². The molecule has 0 fully saturated rings. The molecule has 0 unspecified atom stereocenters. The van der Waals surface area contributed by atoms with E-state index < -0.39 is 0 Å². The van der Waals surface area contributed by atoms with Gasteiger partial charge >= 0.3 is 0 Å². The number of amides is 1. The van der Waals surface area contributed by atoms with Crippen molar-refractivity contribution in [2.24, 2.45) is 5.10 Å². The zero-order chi connectivity index (χ0) is 23.0. The van der Waals surface area contributed by atoms with Crippen molar-refractivity contribution >= 4 is 23.9 Å². The topological polar surface area (TPSA) is 94.3 Å². The quantitative estimate of drug-likeness (QED) is 0.245. The third-order valence-electron chi connectivity index (χ3n) is 4.69. The van der Waals surface area contributed by atoms with Gasteiger partial charge in [-0.1, -0.05) is 35.5 Å². The molecule has 1 N–H and O–H groups in total. The Bertz CT molecular complexity index is 1240. The number of aryl methyl sites for hydroxylation is 1. The van der Waals surface area contributed by atoms with Crippen molar-refractivity contribution in [1.82, 2.24) is 25.2 Å². The van der Waals surface area contributed by atoms with Gasteiger partial charge in [-0.3, -0.25) is 14.3 Å². The number of carbonyl (C=O) groups is 1. The third-order valence-corrected chi connectivity index (χ3v) is 5.62. The number of ether oxygens (including phenoxy) is 1. The summed E-state index contributed by atoms with van der Waals surface area (Å²) in [5.74, 6) is 1.33. The molecule has 2 aromatic heterocycles. The first-order chi connectivity index (χ1) is 16.1. The second-order valence-corrected chi connectivity index (χ2v) is 8.02. The lowest BCUT2D eigenvalue weighted by Crippen LogP contribution is -2.20. The zero-order valence-corrected chi connectivity index (χ0v) is 19.0. The average molecular weight is 459 g/mol. The van der Waals surface area contributed by atoms with Gasteiger partial charge in [0.05, 0.1) is 19.1 Å². The van der Waals surface area contributed by atoms with Crippen LogP contribution in [0, 0.1) is 6.92 Å². The van der Waals surface area contributed by atoms with Crippen LogP contribution in [0.5, 0.6) is 5.75 Å². The van der Waals surface area contributed by atoms with Gasteiger partial charge < -0.3 is 4.74 Å². The molecule has 4 rings (SSSR count). The molecule has 0 radical (unpaired) electrons. The van der Waals surface area contributed by atoms with Crippen LogP contribution in [0.25, 0.3) is 17.1 Å². The normalized spacial score (nSPS) is 11.0. The summed E-state index contributed by atoms with van der Waals surface area (Å²) in [4.78, 5) is 16.3. The Morgan fingerprint density at radius 1 is 1.12 bits per heavy atom. The number of methoxy groups -OCH3 is 1. The van der Waals surface area contributed by atoms with Gasteiger partial charge in [0.15, 0.2) is 11.0 Å². The van der Waals surface area contributed by atoms with Gasteiger partial charge in [-0.15, -0.1) is 10.2 Å². The zero-order valence-electron chi connectivity index (χ0n) is 18.2. The number of hydrazone groups is 1. The second kappa shape index (κ2) is 10.6. The van der Waals surface area contributed by atoms with Crippen LogP contribution in [0.4, 0.5) is 0 Å². The number of thioether (sulfide) groups is 1. The van der Waals surface area contributed by atoms with E-state index in [1.54, 1.807) is 31.8 Å². The van der Waals surface area contributed by atoms with Crippen molar-refractivity contribution in [3.63, 3.8) is 0 Å². The number of aromatic nitrogens is 4. The molecule has 0 spiro atoms. The lowest BCUT2D eigenvalue weighted by Gasteiger charge is -2.11. The number of hydrogen-bond donors (Lipinski definition) is 1.